The highest BCUT2D eigenvalue weighted by Gasteiger charge is 2.25. The maximum atomic E-state index is 12.9. The van der Waals surface area contributed by atoms with Crippen LogP contribution in [0, 0.1) is 6.57 Å². The molecule has 29 heavy (non-hydrogen) atoms. The zero-order chi connectivity index (χ0) is 19.8. The molecule has 0 saturated carbocycles. The van der Waals surface area contributed by atoms with Gasteiger partial charge in [-0.25, -0.2) is 4.85 Å². The van der Waals surface area contributed by atoms with Gasteiger partial charge in [0.1, 0.15) is 0 Å². The Morgan fingerprint density at radius 1 is 1.10 bits per heavy atom. The van der Waals surface area contributed by atoms with Crippen molar-refractivity contribution in [3.05, 3.63) is 95.2 Å². The van der Waals surface area contributed by atoms with Crippen LogP contribution < -0.4 is 0 Å². The lowest BCUT2D eigenvalue weighted by molar-refractivity contribution is 0.0734. The van der Waals surface area contributed by atoms with Crippen LogP contribution in [-0.4, -0.2) is 27.3 Å². The van der Waals surface area contributed by atoms with Gasteiger partial charge in [-0.1, -0.05) is 30.3 Å². The summed E-state index contributed by atoms with van der Waals surface area (Å²) in [6.07, 6.45) is 4.11. The molecule has 0 saturated heterocycles. The minimum absolute atomic E-state index is 0.0176. The van der Waals surface area contributed by atoms with Crippen LogP contribution in [-0.2, 0) is 13.0 Å². The number of nitrogens with zero attached hydrogens (tertiary/aromatic N) is 3. The Hall–Kier alpha value is -3.91. The van der Waals surface area contributed by atoms with Gasteiger partial charge in [0, 0.05) is 54.1 Å². The van der Waals surface area contributed by atoms with E-state index in [4.69, 9.17) is 6.57 Å². The normalized spacial score (nSPS) is 13.1. The number of rotatable bonds is 2. The minimum atomic E-state index is 0.0176. The highest BCUT2D eigenvalue weighted by atomic mass is 16.2. The lowest BCUT2D eigenvalue weighted by Gasteiger charge is -2.27. The van der Waals surface area contributed by atoms with Gasteiger partial charge in [0.15, 0.2) is 5.69 Å². The predicted octanol–water partition coefficient (Wildman–Crippen LogP) is 4.98. The average Bonchev–Trinajstić information content (AvgIpc) is 3.16. The molecule has 3 heterocycles. The first-order valence-electron chi connectivity index (χ1n) is 9.53. The van der Waals surface area contributed by atoms with Gasteiger partial charge >= 0.3 is 0 Å². The number of hydrogen-bond acceptors (Lipinski definition) is 2. The third-order valence-corrected chi connectivity index (χ3v) is 5.50. The highest BCUT2D eigenvalue weighted by Crippen LogP contribution is 2.32. The van der Waals surface area contributed by atoms with Gasteiger partial charge in [0.05, 0.1) is 12.1 Å². The third kappa shape index (κ3) is 3.05. The van der Waals surface area contributed by atoms with Crippen LogP contribution >= 0.6 is 0 Å². The van der Waals surface area contributed by atoms with Crippen molar-refractivity contribution >= 4 is 22.5 Å². The predicted molar refractivity (Wildman–Crippen MR) is 113 cm³/mol. The molecule has 0 unspecified atom stereocenters. The van der Waals surface area contributed by atoms with Gasteiger partial charge in [0.2, 0.25) is 0 Å². The van der Waals surface area contributed by atoms with Gasteiger partial charge in [0.25, 0.3) is 5.91 Å². The van der Waals surface area contributed by atoms with Crippen molar-refractivity contribution in [3.63, 3.8) is 0 Å². The minimum Gasteiger partial charge on any atom is -0.358 e. The molecule has 1 aliphatic heterocycles. The second-order valence-electron chi connectivity index (χ2n) is 7.22. The summed E-state index contributed by atoms with van der Waals surface area (Å²) in [6.45, 7) is 8.39. The van der Waals surface area contributed by atoms with Crippen LogP contribution in [0.25, 0.3) is 26.9 Å². The first-order valence-corrected chi connectivity index (χ1v) is 9.53. The lowest BCUT2D eigenvalue weighted by Crippen LogP contribution is -2.35. The molecule has 0 atom stereocenters. The summed E-state index contributed by atoms with van der Waals surface area (Å²) >= 11 is 0. The van der Waals surface area contributed by atoms with Crippen molar-refractivity contribution in [3.8, 4) is 11.1 Å². The monoisotopic (exact) mass is 378 g/mol. The van der Waals surface area contributed by atoms with E-state index in [0.29, 0.717) is 24.3 Å². The Morgan fingerprint density at radius 3 is 2.69 bits per heavy atom. The molecule has 2 aromatic heterocycles. The standard InChI is InChI=1S/C24H18N4O/c1-25-19-7-4-16(5-8-19)17-6-9-22-20(13-17)21-15-28(12-10-23(21)27-22)24(29)18-3-2-11-26-14-18/h2-9,11,13-14,27H,10,12,15H2. The lowest BCUT2D eigenvalue weighted by atomic mass is 9.99. The molecule has 0 radical (unpaired) electrons. The number of aromatic nitrogens is 2. The van der Waals surface area contributed by atoms with Gasteiger partial charge in [-0.05, 0) is 35.4 Å². The second kappa shape index (κ2) is 6.92. The van der Waals surface area contributed by atoms with E-state index in [9.17, 15) is 4.79 Å². The highest BCUT2D eigenvalue weighted by molar-refractivity contribution is 5.95. The van der Waals surface area contributed by atoms with E-state index in [1.54, 1.807) is 18.5 Å². The van der Waals surface area contributed by atoms with Crippen molar-refractivity contribution in [1.82, 2.24) is 14.9 Å². The fourth-order valence-electron chi connectivity index (χ4n) is 3.97. The fraction of sp³-hybridized carbons (Fsp3) is 0.125. The van der Waals surface area contributed by atoms with Crippen LogP contribution in [0.5, 0.6) is 0 Å². The number of fused-ring (bicyclic) bond motifs is 3. The van der Waals surface area contributed by atoms with Crippen molar-refractivity contribution in [2.75, 3.05) is 6.54 Å². The quantitative estimate of drug-likeness (QED) is 0.500. The third-order valence-electron chi connectivity index (χ3n) is 5.50. The molecular formula is C24H18N4O. The van der Waals surface area contributed by atoms with Gasteiger partial charge in [-0.3, -0.25) is 9.78 Å². The van der Waals surface area contributed by atoms with E-state index < -0.39 is 0 Å². The average molecular weight is 378 g/mol. The summed E-state index contributed by atoms with van der Waals surface area (Å²) < 4.78 is 0. The Bertz CT molecular complexity index is 1250. The number of carbonyl (C=O) groups is 1. The first kappa shape index (κ1) is 17.2. The molecule has 0 spiro atoms. The van der Waals surface area contributed by atoms with E-state index in [1.165, 1.54) is 11.3 Å². The van der Waals surface area contributed by atoms with Gasteiger partial charge < -0.3 is 9.88 Å². The van der Waals surface area contributed by atoms with Crippen LogP contribution in [0.4, 0.5) is 5.69 Å². The summed E-state index contributed by atoms with van der Waals surface area (Å²) in [5.41, 5.74) is 6.92. The number of pyridine rings is 1. The van der Waals surface area contributed by atoms with Gasteiger partial charge in [-0.15, -0.1) is 0 Å². The molecule has 0 fully saturated rings. The molecule has 1 aliphatic rings. The number of carbonyl (C=O) groups excluding carboxylic acids is 1. The summed E-state index contributed by atoms with van der Waals surface area (Å²) in [5, 5.41) is 1.15. The van der Waals surface area contributed by atoms with E-state index >= 15 is 0 Å². The molecule has 0 aliphatic carbocycles. The SMILES string of the molecule is [C-]#[N+]c1ccc(-c2ccc3[nH]c4c(c3c2)CN(C(=O)c2cccnc2)CC4)cc1. The molecule has 1 amide bonds. The van der Waals surface area contributed by atoms with E-state index in [2.05, 4.69) is 33.0 Å². The molecule has 5 heteroatoms. The van der Waals surface area contributed by atoms with Gasteiger partial charge in [-0.2, -0.15) is 0 Å². The molecule has 2 aromatic carbocycles. The summed E-state index contributed by atoms with van der Waals surface area (Å²) in [7, 11) is 0. The Morgan fingerprint density at radius 2 is 1.93 bits per heavy atom. The van der Waals surface area contributed by atoms with E-state index in [0.717, 1.165) is 28.5 Å². The fourth-order valence-corrected chi connectivity index (χ4v) is 3.97. The molecule has 4 aromatic rings. The number of nitrogens with one attached hydrogen (secondary N) is 1. The molecule has 0 bridgehead atoms. The molecule has 1 N–H and O–H groups in total. The molecule has 5 nitrogen and oxygen atoms in total. The zero-order valence-corrected chi connectivity index (χ0v) is 15.7. The molecule has 5 rings (SSSR count). The van der Waals surface area contributed by atoms with Crippen LogP contribution in [0.1, 0.15) is 21.6 Å². The Kier molecular flexibility index (Phi) is 4.10. The first-order chi connectivity index (χ1) is 14.2. The van der Waals surface area contributed by atoms with Crippen molar-refractivity contribution < 1.29 is 4.79 Å². The van der Waals surface area contributed by atoms with Crippen molar-refractivity contribution in [1.29, 1.82) is 0 Å². The Balaban J connectivity index is 1.50. The maximum Gasteiger partial charge on any atom is 0.255 e. The van der Waals surface area contributed by atoms with Crippen LogP contribution in [0.15, 0.2) is 67.0 Å². The summed E-state index contributed by atoms with van der Waals surface area (Å²) in [5.74, 6) is 0.0176. The zero-order valence-electron chi connectivity index (χ0n) is 15.7. The van der Waals surface area contributed by atoms with Crippen molar-refractivity contribution in [2.24, 2.45) is 0 Å². The maximum absolute atomic E-state index is 12.9. The van der Waals surface area contributed by atoms with Crippen molar-refractivity contribution in [2.45, 2.75) is 13.0 Å². The number of H-pyrrole nitrogens is 1. The molecule has 140 valence electrons. The van der Waals surface area contributed by atoms with E-state index in [-0.39, 0.29) is 5.91 Å². The topological polar surface area (TPSA) is 53.4 Å². The Labute approximate surface area is 168 Å². The molecular weight excluding hydrogens is 360 g/mol. The number of hydrogen-bond donors (Lipinski definition) is 1. The second-order valence-corrected chi connectivity index (χ2v) is 7.22. The number of benzene rings is 2. The number of aromatic amines is 1. The summed E-state index contributed by atoms with van der Waals surface area (Å²) in [6, 6.07) is 17.6. The van der Waals surface area contributed by atoms with Crippen LogP contribution in [0.3, 0.4) is 0 Å². The smallest absolute Gasteiger partial charge is 0.255 e. The van der Waals surface area contributed by atoms with Crippen LogP contribution in [0.2, 0.25) is 0 Å². The summed E-state index contributed by atoms with van der Waals surface area (Å²) in [4.78, 5) is 25.8. The number of amides is 1. The largest absolute Gasteiger partial charge is 0.358 e. The van der Waals surface area contributed by atoms with E-state index in [1.807, 2.05) is 35.2 Å².